The molecule has 0 saturated carbocycles. The van der Waals surface area contributed by atoms with Crippen LogP contribution in [-0.2, 0) is 6.42 Å². The SMILES string of the molecule is CCc1ccc(C(C)NC(=O)c2c(-c3ccccc3Cl)noc2C)cc1. The van der Waals surface area contributed by atoms with Gasteiger partial charge in [-0.3, -0.25) is 4.79 Å². The summed E-state index contributed by atoms with van der Waals surface area (Å²) < 4.78 is 5.27. The highest BCUT2D eigenvalue weighted by Gasteiger charge is 2.24. The van der Waals surface area contributed by atoms with Crippen molar-refractivity contribution in [2.24, 2.45) is 0 Å². The molecule has 3 rings (SSSR count). The van der Waals surface area contributed by atoms with E-state index in [2.05, 4.69) is 29.5 Å². The van der Waals surface area contributed by atoms with Gasteiger partial charge in [0, 0.05) is 5.56 Å². The number of halogens is 1. The Balaban J connectivity index is 1.86. The molecule has 0 aliphatic heterocycles. The Labute approximate surface area is 158 Å². The van der Waals surface area contributed by atoms with Gasteiger partial charge in [-0.2, -0.15) is 0 Å². The van der Waals surface area contributed by atoms with Crippen LogP contribution in [0.15, 0.2) is 53.1 Å². The summed E-state index contributed by atoms with van der Waals surface area (Å²) in [7, 11) is 0. The Morgan fingerprint density at radius 2 is 1.88 bits per heavy atom. The maximum Gasteiger partial charge on any atom is 0.257 e. The van der Waals surface area contributed by atoms with E-state index < -0.39 is 0 Å². The fourth-order valence-corrected chi connectivity index (χ4v) is 3.10. The lowest BCUT2D eigenvalue weighted by Gasteiger charge is -2.15. The number of nitrogens with zero attached hydrogens (tertiary/aromatic N) is 1. The second-order valence-corrected chi connectivity index (χ2v) is 6.64. The third-order valence-electron chi connectivity index (χ3n) is 4.45. The van der Waals surface area contributed by atoms with E-state index in [1.54, 1.807) is 13.0 Å². The van der Waals surface area contributed by atoms with Crippen LogP contribution in [0.2, 0.25) is 5.02 Å². The molecule has 0 radical (unpaired) electrons. The van der Waals surface area contributed by atoms with Crippen molar-refractivity contribution in [3.05, 3.63) is 76.0 Å². The molecule has 1 heterocycles. The summed E-state index contributed by atoms with van der Waals surface area (Å²) in [5.74, 6) is 0.233. The quantitative estimate of drug-likeness (QED) is 0.659. The van der Waals surface area contributed by atoms with Crippen LogP contribution in [0.5, 0.6) is 0 Å². The first-order valence-corrected chi connectivity index (χ1v) is 9.00. The standard InChI is InChI=1S/C21H21ClN2O2/c1-4-15-9-11-16(12-10-15)13(2)23-21(25)19-14(3)26-24-20(19)17-7-5-6-8-18(17)22/h5-13H,4H2,1-3H3,(H,23,25). The minimum absolute atomic E-state index is 0.137. The van der Waals surface area contributed by atoms with Gasteiger partial charge in [0.05, 0.1) is 11.1 Å². The van der Waals surface area contributed by atoms with Crippen molar-refractivity contribution in [1.29, 1.82) is 0 Å². The molecule has 4 nitrogen and oxygen atoms in total. The normalized spacial score (nSPS) is 12.0. The average Bonchev–Trinajstić information content (AvgIpc) is 3.03. The molecule has 5 heteroatoms. The van der Waals surface area contributed by atoms with Gasteiger partial charge in [-0.05, 0) is 37.5 Å². The zero-order chi connectivity index (χ0) is 18.7. The van der Waals surface area contributed by atoms with Crippen LogP contribution in [0.3, 0.4) is 0 Å². The van der Waals surface area contributed by atoms with Crippen molar-refractivity contribution in [1.82, 2.24) is 10.5 Å². The van der Waals surface area contributed by atoms with Gasteiger partial charge < -0.3 is 9.84 Å². The van der Waals surface area contributed by atoms with Crippen LogP contribution < -0.4 is 5.32 Å². The fourth-order valence-electron chi connectivity index (χ4n) is 2.87. The number of carbonyl (C=O) groups is 1. The van der Waals surface area contributed by atoms with Crippen LogP contribution in [-0.4, -0.2) is 11.1 Å². The van der Waals surface area contributed by atoms with Gasteiger partial charge in [-0.15, -0.1) is 0 Å². The second kappa shape index (κ2) is 7.75. The predicted molar refractivity (Wildman–Crippen MR) is 103 cm³/mol. The number of hydrogen-bond donors (Lipinski definition) is 1. The Kier molecular flexibility index (Phi) is 5.43. The van der Waals surface area contributed by atoms with Crippen molar-refractivity contribution >= 4 is 17.5 Å². The molecule has 1 amide bonds. The predicted octanol–water partition coefficient (Wildman–Crippen LogP) is 5.36. The molecule has 3 aromatic rings. The molecule has 1 atom stereocenters. The first-order valence-electron chi connectivity index (χ1n) is 8.62. The molecule has 2 aromatic carbocycles. The third-order valence-corrected chi connectivity index (χ3v) is 4.78. The van der Waals surface area contributed by atoms with Gasteiger partial charge >= 0.3 is 0 Å². The Hall–Kier alpha value is -2.59. The molecule has 26 heavy (non-hydrogen) atoms. The van der Waals surface area contributed by atoms with Gasteiger partial charge in [-0.25, -0.2) is 0 Å². The number of aromatic nitrogens is 1. The highest BCUT2D eigenvalue weighted by Crippen LogP contribution is 2.31. The van der Waals surface area contributed by atoms with Crippen LogP contribution in [0.25, 0.3) is 11.3 Å². The van der Waals surface area contributed by atoms with Crippen molar-refractivity contribution in [3.63, 3.8) is 0 Å². The van der Waals surface area contributed by atoms with Crippen LogP contribution in [0.1, 0.15) is 47.1 Å². The van der Waals surface area contributed by atoms with E-state index in [-0.39, 0.29) is 11.9 Å². The molecule has 134 valence electrons. The molecule has 1 N–H and O–H groups in total. The van der Waals surface area contributed by atoms with Gasteiger partial charge in [0.15, 0.2) is 0 Å². The van der Waals surface area contributed by atoms with Crippen molar-refractivity contribution in [3.8, 4) is 11.3 Å². The molecule has 0 aliphatic carbocycles. The maximum absolute atomic E-state index is 12.9. The van der Waals surface area contributed by atoms with Gasteiger partial charge in [0.1, 0.15) is 17.0 Å². The van der Waals surface area contributed by atoms with Gasteiger partial charge in [-0.1, -0.05) is 66.1 Å². The Bertz CT molecular complexity index is 916. The molecular formula is C21H21ClN2O2. The molecule has 0 bridgehead atoms. The first kappa shape index (κ1) is 18.2. The summed E-state index contributed by atoms with van der Waals surface area (Å²) in [6.07, 6.45) is 0.988. The molecule has 0 aliphatic rings. The first-order chi connectivity index (χ1) is 12.5. The lowest BCUT2D eigenvalue weighted by Crippen LogP contribution is -2.27. The van der Waals surface area contributed by atoms with E-state index >= 15 is 0 Å². The van der Waals surface area contributed by atoms with Crippen molar-refractivity contribution < 1.29 is 9.32 Å². The van der Waals surface area contributed by atoms with E-state index in [0.29, 0.717) is 27.6 Å². The number of carbonyl (C=O) groups excluding carboxylic acids is 1. The Morgan fingerprint density at radius 3 is 2.54 bits per heavy atom. The highest BCUT2D eigenvalue weighted by molar-refractivity contribution is 6.33. The van der Waals surface area contributed by atoms with Crippen LogP contribution in [0.4, 0.5) is 0 Å². The summed E-state index contributed by atoms with van der Waals surface area (Å²) in [4.78, 5) is 12.9. The number of benzene rings is 2. The van der Waals surface area contributed by atoms with E-state index in [4.69, 9.17) is 16.1 Å². The Morgan fingerprint density at radius 1 is 1.19 bits per heavy atom. The summed E-state index contributed by atoms with van der Waals surface area (Å²) in [6, 6.07) is 15.4. The van der Waals surface area contributed by atoms with Gasteiger partial charge in [0.2, 0.25) is 0 Å². The van der Waals surface area contributed by atoms with Crippen LogP contribution >= 0.6 is 11.6 Å². The largest absolute Gasteiger partial charge is 0.360 e. The van der Waals surface area contributed by atoms with Crippen molar-refractivity contribution in [2.45, 2.75) is 33.2 Å². The number of amides is 1. The lowest BCUT2D eigenvalue weighted by molar-refractivity contribution is 0.0939. The average molecular weight is 369 g/mol. The zero-order valence-electron chi connectivity index (χ0n) is 15.0. The zero-order valence-corrected chi connectivity index (χ0v) is 15.8. The number of hydrogen-bond acceptors (Lipinski definition) is 3. The van der Waals surface area contributed by atoms with Crippen molar-refractivity contribution in [2.75, 3.05) is 0 Å². The van der Waals surface area contributed by atoms with E-state index in [1.165, 1.54) is 5.56 Å². The summed E-state index contributed by atoms with van der Waals surface area (Å²) >= 11 is 6.26. The van der Waals surface area contributed by atoms with E-state index in [0.717, 1.165) is 12.0 Å². The molecule has 1 unspecified atom stereocenters. The topological polar surface area (TPSA) is 55.1 Å². The summed E-state index contributed by atoms with van der Waals surface area (Å²) in [5.41, 5.74) is 3.86. The highest BCUT2D eigenvalue weighted by atomic mass is 35.5. The van der Waals surface area contributed by atoms with E-state index in [9.17, 15) is 4.79 Å². The number of rotatable bonds is 5. The minimum Gasteiger partial charge on any atom is -0.360 e. The number of aryl methyl sites for hydroxylation is 2. The minimum atomic E-state index is -0.231. The molecule has 0 spiro atoms. The van der Waals surface area contributed by atoms with Crippen LogP contribution in [0, 0.1) is 6.92 Å². The maximum atomic E-state index is 12.9. The monoisotopic (exact) mass is 368 g/mol. The van der Waals surface area contributed by atoms with E-state index in [1.807, 2.05) is 37.3 Å². The lowest BCUT2D eigenvalue weighted by atomic mass is 10.0. The summed E-state index contributed by atoms with van der Waals surface area (Å²) in [5, 5.41) is 7.60. The second-order valence-electron chi connectivity index (χ2n) is 6.23. The van der Waals surface area contributed by atoms with Gasteiger partial charge in [0.25, 0.3) is 5.91 Å². The summed E-state index contributed by atoms with van der Waals surface area (Å²) in [6.45, 7) is 5.80. The molecular weight excluding hydrogens is 348 g/mol. The fraction of sp³-hybridized carbons (Fsp3) is 0.238. The third kappa shape index (κ3) is 3.65. The smallest absolute Gasteiger partial charge is 0.257 e. The molecule has 0 fully saturated rings. The molecule has 1 aromatic heterocycles. The molecule has 0 saturated heterocycles. The number of nitrogens with one attached hydrogen (secondary N) is 1.